The van der Waals surface area contributed by atoms with Gasteiger partial charge >= 0.3 is 0 Å². The summed E-state index contributed by atoms with van der Waals surface area (Å²) in [6.07, 6.45) is -0.670. The summed E-state index contributed by atoms with van der Waals surface area (Å²) in [4.78, 5) is 16.8. The Morgan fingerprint density at radius 3 is 2.39 bits per heavy atom. The Kier molecular flexibility index (Phi) is 7.49. The molecular formula is C31H34FN3O3. The molecule has 0 aliphatic carbocycles. The molecule has 5 rings (SSSR count). The molecule has 1 fully saturated rings. The van der Waals surface area contributed by atoms with Crippen molar-refractivity contribution < 1.29 is 19.0 Å². The number of para-hydroxylation sites is 1. The van der Waals surface area contributed by atoms with Gasteiger partial charge in [0.2, 0.25) is 0 Å². The van der Waals surface area contributed by atoms with Crippen LogP contribution in [0.25, 0.3) is 16.6 Å². The number of rotatable bonds is 8. The number of aliphatic hydroxyl groups excluding tert-OH is 1. The number of piperazine rings is 1. The molecule has 198 valence electrons. The number of ketones is 1. The van der Waals surface area contributed by atoms with Gasteiger partial charge in [-0.05, 0) is 63.2 Å². The van der Waals surface area contributed by atoms with Gasteiger partial charge in [-0.1, -0.05) is 29.8 Å². The second-order valence-electron chi connectivity index (χ2n) is 10.1. The highest BCUT2D eigenvalue weighted by Gasteiger charge is 2.22. The number of carbonyl (C=O) groups excluding carboxylic acids is 1. The number of β-amino-alcohol motifs (C(OH)–C–C–N with tert-alkyl or cyclic N) is 1. The predicted molar refractivity (Wildman–Crippen MR) is 149 cm³/mol. The normalized spacial score (nSPS) is 15.1. The molecule has 1 aromatic heterocycles. The smallest absolute Gasteiger partial charge is 0.162 e. The molecule has 4 aromatic rings. The summed E-state index contributed by atoms with van der Waals surface area (Å²) in [5.41, 5.74) is 5.32. The second-order valence-corrected chi connectivity index (χ2v) is 10.1. The lowest BCUT2D eigenvalue weighted by Gasteiger charge is -2.36. The molecule has 1 aliphatic heterocycles. The van der Waals surface area contributed by atoms with Crippen LogP contribution in [0.2, 0.25) is 0 Å². The quantitative estimate of drug-likeness (QED) is 0.329. The minimum atomic E-state index is -0.670. The van der Waals surface area contributed by atoms with E-state index in [4.69, 9.17) is 4.74 Å². The first-order chi connectivity index (χ1) is 18.3. The van der Waals surface area contributed by atoms with E-state index < -0.39 is 6.10 Å². The number of carbonyl (C=O) groups is 1. The lowest BCUT2D eigenvalue weighted by molar-refractivity contribution is 0.0663. The Labute approximate surface area is 222 Å². The molecule has 0 amide bonds. The summed E-state index contributed by atoms with van der Waals surface area (Å²) in [5, 5.41) is 11.5. The Hall–Kier alpha value is -3.68. The minimum absolute atomic E-state index is 0.00470. The Bertz CT molecular complexity index is 1440. The Balaban J connectivity index is 1.24. The van der Waals surface area contributed by atoms with Crippen molar-refractivity contribution >= 4 is 22.4 Å². The number of benzene rings is 3. The van der Waals surface area contributed by atoms with Crippen LogP contribution in [0.15, 0.2) is 66.7 Å². The number of aryl methyl sites for hydroxylation is 1. The number of fused-ring (bicyclic) bond motifs is 1. The monoisotopic (exact) mass is 515 g/mol. The van der Waals surface area contributed by atoms with Crippen molar-refractivity contribution in [1.29, 1.82) is 0 Å². The molecule has 0 radical (unpaired) electrons. The van der Waals surface area contributed by atoms with Gasteiger partial charge in [-0.25, -0.2) is 4.39 Å². The van der Waals surface area contributed by atoms with E-state index in [9.17, 15) is 14.3 Å². The van der Waals surface area contributed by atoms with Crippen molar-refractivity contribution in [3.05, 3.63) is 89.4 Å². The molecule has 1 N–H and O–H groups in total. The zero-order chi connectivity index (χ0) is 26.8. The van der Waals surface area contributed by atoms with Crippen molar-refractivity contribution in [3.63, 3.8) is 0 Å². The van der Waals surface area contributed by atoms with E-state index in [0.29, 0.717) is 36.6 Å². The molecule has 1 atom stereocenters. The summed E-state index contributed by atoms with van der Waals surface area (Å²) < 4.78 is 22.2. The molecule has 6 nitrogen and oxygen atoms in total. The van der Waals surface area contributed by atoms with Gasteiger partial charge in [-0.3, -0.25) is 9.69 Å². The molecule has 1 unspecified atom stereocenters. The van der Waals surface area contributed by atoms with Crippen LogP contribution in [-0.4, -0.2) is 65.8 Å². The number of hydrogen-bond donors (Lipinski definition) is 1. The van der Waals surface area contributed by atoms with Gasteiger partial charge in [0.15, 0.2) is 5.78 Å². The van der Waals surface area contributed by atoms with Crippen LogP contribution < -0.4 is 9.64 Å². The maximum atomic E-state index is 14.1. The number of anilines is 1. The molecule has 0 saturated carbocycles. The van der Waals surface area contributed by atoms with Crippen molar-refractivity contribution in [1.82, 2.24) is 9.47 Å². The largest absolute Gasteiger partial charge is 0.491 e. The minimum Gasteiger partial charge on any atom is -0.491 e. The Morgan fingerprint density at radius 1 is 1.00 bits per heavy atom. The third-order valence-electron chi connectivity index (χ3n) is 7.30. The van der Waals surface area contributed by atoms with Gasteiger partial charge in [0.05, 0.1) is 11.2 Å². The van der Waals surface area contributed by atoms with Crippen LogP contribution in [0.3, 0.4) is 0 Å². The first-order valence-electron chi connectivity index (χ1n) is 13.1. The van der Waals surface area contributed by atoms with Crippen LogP contribution in [0.4, 0.5) is 10.1 Å². The maximum Gasteiger partial charge on any atom is 0.162 e. The van der Waals surface area contributed by atoms with E-state index in [2.05, 4.69) is 40.7 Å². The number of aromatic nitrogens is 1. The summed E-state index contributed by atoms with van der Waals surface area (Å²) in [5.74, 6) is 0.415. The van der Waals surface area contributed by atoms with E-state index >= 15 is 0 Å². The van der Waals surface area contributed by atoms with E-state index in [0.717, 1.165) is 35.4 Å². The van der Waals surface area contributed by atoms with E-state index in [1.165, 1.54) is 11.6 Å². The summed E-state index contributed by atoms with van der Waals surface area (Å²) in [6, 6.07) is 20.8. The highest BCUT2D eigenvalue weighted by Crippen LogP contribution is 2.32. The fourth-order valence-corrected chi connectivity index (χ4v) is 5.38. The fourth-order valence-electron chi connectivity index (χ4n) is 5.38. The highest BCUT2D eigenvalue weighted by atomic mass is 19.1. The number of Topliss-reactive ketones (excluding diaryl/α,β-unsaturated/α-hetero) is 1. The first kappa shape index (κ1) is 25.9. The standard InChI is InChI=1S/C31H34FN3O3/c1-21-8-10-24(11-9-21)35-22(2)31(23(3)36)27-18-26(12-13-29(27)35)38-20-25(37)19-33-14-16-34(17-15-33)30-7-5-4-6-28(30)32/h4-13,18,25,37H,14-17,19-20H2,1-3H3. The SMILES string of the molecule is CC(=O)c1c(C)n(-c2ccc(C)cc2)c2ccc(OCC(O)CN3CCN(c4ccccc4F)CC3)cc12. The van der Waals surface area contributed by atoms with Gasteiger partial charge in [-0.2, -0.15) is 0 Å². The molecule has 7 heteroatoms. The van der Waals surface area contributed by atoms with Crippen molar-refractivity contribution in [2.45, 2.75) is 26.9 Å². The number of aliphatic hydroxyl groups is 1. The molecule has 0 spiro atoms. The van der Waals surface area contributed by atoms with Gasteiger partial charge in [-0.15, -0.1) is 0 Å². The van der Waals surface area contributed by atoms with E-state index in [1.54, 1.807) is 19.1 Å². The van der Waals surface area contributed by atoms with Crippen LogP contribution >= 0.6 is 0 Å². The van der Waals surface area contributed by atoms with Crippen LogP contribution in [-0.2, 0) is 0 Å². The van der Waals surface area contributed by atoms with Gasteiger partial charge in [0.25, 0.3) is 0 Å². The van der Waals surface area contributed by atoms with Crippen LogP contribution in [0.1, 0.15) is 28.5 Å². The van der Waals surface area contributed by atoms with E-state index in [-0.39, 0.29) is 18.2 Å². The summed E-state index contributed by atoms with van der Waals surface area (Å²) in [7, 11) is 0. The Morgan fingerprint density at radius 2 is 1.71 bits per heavy atom. The number of ether oxygens (including phenoxy) is 1. The number of hydrogen-bond acceptors (Lipinski definition) is 5. The van der Waals surface area contributed by atoms with Crippen molar-refractivity contribution in [2.75, 3.05) is 44.2 Å². The van der Waals surface area contributed by atoms with Gasteiger partial charge < -0.3 is 19.3 Å². The van der Waals surface area contributed by atoms with Gasteiger partial charge in [0.1, 0.15) is 24.3 Å². The third-order valence-corrected chi connectivity index (χ3v) is 7.30. The van der Waals surface area contributed by atoms with Crippen molar-refractivity contribution in [3.8, 4) is 11.4 Å². The van der Waals surface area contributed by atoms with Gasteiger partial charge in [0, 0.05) is 55.1 Å². The summed E-state index contributed by atoms with van der Waals surface area (Å²) >= 11 is 0. The lowest BCUT2D eigenvalue weighted by Crippen LogP contribution is -2.49. The highest BCUT2D eigenvalue weighted by molar-refractivity contribution is 6.09. The zero-order valence-electron chi connectivity index (χ0n) is 22.2. The average Bonchev–Trinajstić information content (AvgIpc) is 3.20. The molecule has 0 bridgehead atoms. The predicted octanol–water partition coefficient (Wildman–Crippen LogP) is 5.15. The number of halogens is 1. The molecule has 2 heterocycles. The lowest BCUT2D eigenvalue weighted by atomic mass is 10.1. The molecule has 1 saturated heterocycles. The second kappa shape index (κ2) is 11.0. The zero-order valence-corrected chi connectivity index (χ0v) is 22.2. The summed E-state index contributed by atoms with van der Waals surface area (Å²) in [6.45, 7) is 9.12. The van der Waals surface area contributed by atoms with Crippen molar-refractivity contribution in [2.24, 2.45) is 0 Å². The van der Waals surface area contributed by atoms with Crippen LogP contribution in [0.5, 0.6) is 5.75 Å². The topological polar surface area (TPSA) is 57.9 Å². The first-order valence-corrected chi connectivity index (χ1v) is 13.1. The third kappa shape index (κ3) is 5.30. The average molecular weight is 516 g/mol. The number of nitrogens with zero attached hydrogens (tertiary/aromatic N) is 3. The molecule has 38 heavy (non-hydrogen) atoms. The van der Waals surface area contributed by atoms with E-state index in [1.807, 2.05) is 36.1 Å². The molecule has 1 aliphatic rings. The van der Waals surface area contributed by atoms with Crippen LogP contribution in [0, 0.1) is 19.7 Å². The molecular weight excluding hydrogens is 481 g/mol. The molecule has 3 aromatic carbocycles. The maximum absolute atomic E-state index is 14.1. The fraction of sp³-hybridized carbons (Fsp3) is 0.323.